The molecular formula is C25H26BrN3O2. The molecule has 0 atom stereocenters. The van der Waals surface area contributed by atoms with Gasteiger partial charge in [0.15, 0.2) is 0 Å². The lowest BCUT2D eigenvalue weighted by Crippen LogP contribution is -2.45. The summed E-state index contributed by atoms with van der Waals surface area (Å²) in [5.74, 6) is 0.719. The third kappa shape index (κ3) is 5.46. The number of benzene rings is 3. The molecule has 3 aromatic rings. The first kappa shape index (κ1) is 21.4. The Balaban J connectivity index is 1.35. The van der Waals surface area contributed by atoms with E-state index in [4.69, 9.17) is 4.74 Å². The molecule has 0 radical (unpaired) electrons. The van der Waals surface area contributed by atoms with Gasteiger partial charge in [0.25, 0.3) is 0 Å². The molecule has 0 aliphatic carbocycles. The zero-order valence-electron chi connectivity index (χ0n) is 17.5. The molecule has 1 fully saturated rings. The van der Waals surface area contributed by atoms with Gasteiger partial charge in [-0.15, -0.1) is 0 Å². The van der Waals surface area contributed by atoms with Crippen LogP contribution in [0.15, 0.2) is 76.2 Å². The van der Waals surface area contributed by atoms with Crippen LogP contribution in [0.3, 0.4) is 0 Å². The molecule has 0 unspecified atom stereocenters. The summed E-state index contributed by atoms with van der Waals surface area (Å²) < 4.78 is 5.97. The first-order chi connectivity index (χ1) is 15.1. The molecule has 5 nitrogen and oxygen atoms in total. The number of halogens is 1. The minimum absolute atomic E-state index is 0.133. The number of hydrogen-bond acceptors (Lipinski definition) is 5. The number of aromatic hydroxyl groups is 1. The average Bonchev–Trinajstić information content (AvgIpc) is 2.81. The van der Waals surface area contributed by atoms with Crippen LogP contribution >= 0.6 is 15.9 Å². The van der Waals surface area contributed by atoms with Crippen molar-refractivity contribution in [2.24, 2.45) is 4.99 Å². The molecule has 6 heteroatoms. The molecule has 3 aromatic carbocycles. The maximum absolute atomic E-state index is 10.2. The standard InChI is InChI=1S/C25H26BrN3O2/c1-31-25-16-24(30)20(15-23(25)26)17-27-21-7-9-22(10-8-21)29-13-11-28(12-14-29)18-19-5-3-2-4-6-19/h2-10,15-17,30H,11-14,18H2,1H3. The minimum atomic E-state index is 0.133. The summed E-state index contributed by atoms with van der Waals surface area (Å²) in [4.78, 5) is 9.43. The topological polar surface area (TPSA) is 48.3 Å². The highest BCUT2D eigenvalue weighted by atomic mass is 79.9. The number of phenolic OH excluding ortho intramolecular Hbond substituents is 1. The molecule has 0 amide bonds. The summed E-state index contributed by atoms with van der Waals surface area (Å²) >= 11 is 3.44. The molecule has 0 saturated carbocycles. The first-order valence-electron chi connectivity index (χ1n) is 10.3. The smallest absolute Gasteiger partial charge is 0.136 e. The minimum Gasteiger partial charge on any atom is -0.507 e. The van der Waals surface area contributed by atoms with Crippen molar-refractivity contribution < 1.29 is 9.84 Å². The summed E-state index contributed by atoms with van der Waals surface area (Å²) in [7, 11) is 1.57. The lowest BCUT2D eigenvalue weighted by molar-refractivity contribution is 0.250. The highest BCUT2D eigenvalue weighted by Crippen LogP contribution is 2.31. The predicted molar refractivity (Wildman–Crippen MR) is 130 cm³/mol. The van der Waals surface area contributed by atoms with E-state index in [0.717, 1.165) is 42.9 Å². The molecule has 1 aliphatic rings. The molecule has 0 spiro atoms. The normalized spacial score (nSPS) is 14.8. The van der Waals surface area contributed by atoms with E-state index < -0.39 is 0 Å². The summed E-state index contributed by atoms with van der Waals surface area (Å²) in [6.07, 6.45) is 1.66. The number of aliphatic imine (C=N–C) groups is 1. The van der Waals surface area contributed by atoms with Crippen LogP contribution in [-0.4, -0.2) is 49.5 Å². The Morgan fingerprint density at radius 2 is 1.71 bits per heavy atom. The lowest BCUT2D eigenvalue weighted by Gasteiger charge is -2.36. The van der Waals surface area contributed by atoms with Crippen LogP contribution in [0.5, 0.6) is 11.5 Å². The van der Waals surface area contributed by atoms with E-state index in [9.17, 15) is 5.11 Å². The van der Waals surface area contributed by atoms with Crippen molar-refractivity contribution in [2.45, 2.75) is 6.54 Å². The Labute approximate surface area is 191 Å². The summed E-state index contributed by atoms with van der Waals surface area (Å²) in [6.45, 7) is 5.16. The van der Waals surface area contributed by atoms with Gasteiger partial charge >= 0.3 is 0 Å². The van der Waals surface area contributed by atoms with Gasteiger partial charge < -0.3 is 14.7 Å². The molecule has 0 aromatic heterocycles. The number of nitrogens with zero attached hydrogens (tertiary/aromatic N) is 3. The fourth-order valence-corrected chi connectivity index (χ4v) is 4.24. The summed E-state index contributed by atoms with van der Waals surface area (Å²) in [5, 5.41) is 10.2. The van der Waals surface area contributed by atoms with Gasteiger partial charge in [0, 0.05) is 56.3 Å². The number of anilines is 1. The van der Waals surface area contributed by atoms with Gasteiger partial charge in [0.1, 0.15) is 11.5 Å². The number of ether oxygens (including phenoxy) is 1. The molecule has 4 rings (SSSR count). The van der Waals surface area contributed by atoms with Crippen molar-refractivity contribution in [1.29, 1.82) is 0 Å². The number of rotatable bonds is 6. The van der Waals surface area contributed by atoms with Crippen molar-refractivity contribution in [1.82, 2.24) is 4.90 Å². The molecule has 1 aliphatic heterocycles. The van der Waals surface area contributed by atoms with Crippen molar-refractivity contribution in [2.75, 3.05) is 38.2 Å². The Morgan fingerprint density at radius 1 is 1.00 bits per heavy atom. The van der Waals surface area contributed by atoms with E-state index in [1.54, 1.807) is 25.5 Å². The van der Waals surface area contributed by atoms with E-state index in [2.05, 4.69) is 73.2 Å². The van der Waals surface area contributed by atoms with Crippen LogP contribution < -0.4 is 9.64 Å². The van der Waals surface area contributed by atoms with Crippen molar-refractivity contribution in [3.05, 3.63) is 82.3 Å². The van der Waals surface area contributed by atoms with Crippen LogP contribution in [0, 0.1) is 0 Å². The summed E-state index contributed by atoms with van der Waals surface area (Å²) in [6, 6.07) is 22.3. The monoisotopic (exact) mass is 479 g/mol. The van der Waals surface area contributed by atoms with Gasteiger partial charge in [-0.25, -0.2) is 0 Å². The van der Waals surface area contributed by atoms with Crippen molar-refractivity contribution in [3.63, 3.8) is 0 Å². The Hall–Kier alpha value is -2.83. The Morgan fingerprint density at radius 3 is 2.39 bits per heavy atom. The highest BCUT2D eigenvalue weighted by molar-refractivity contribution is 9.10. The maximum atomic E-state index is 10.2. The lowest BCUT2D eigenvalue weighted by atomic mass is 10.2. The van der Waals surface area contributed by atoms with Gasteiger partial charge in [-0.05, 0) is 51.8 Å². The second kappa shape index (κ2) is 9.98. The molecule has 31 heavy (non-hydrogen) atoms. The molecule has 0 bridgehead atoms. The number of hydrogen-bond donors (Lipinski definition) is 1. The van der Waals surface area contributed by atoms with Crippen LogP contribution in [0.4, 0.5) is 11.4 Å². The fraction of sp³-hybridized carbons (Fsp3) is 0.240. The molecular weight excluding hydrogens is 454 g/mol. The first-order valence-corrected chi connectivity index (χ1v) is 11.1. The third-order valence-corrected chi connectivity index (χ3v) is 6.11. The zero-order chi connectivity index (χ0) is 21.6. The van der Waals surface area contributed by atoms with Crippen molar-refractivity contribution in [3.8, 4) is 11.5 Å². The van der Waals surface area contributed by atoms with Gasteiger partial charge in [-0.1, -0.05) is 30.3 Å². The van der Waals surface area contributed by atoms with E-state index in [1.807, 2.05) is 12.1 Å². The largest absolute Gasteiger partial charge is 0.507 e. The SMILES string of the molecule is COc1cc(O)c(C=Nc2ccc(N3CCN(Cc4ccccc4)CC3)cc2)cc1Br. The predicted octanol–water partition coefficient (Wildman–Crippen LogP) is 5.24. The van der Waals surface area contributed by atoms with E-state index in [1.165, 1.54) is 11.3 Å². The van der Waals surface area contributed by atoms with Crippen LogP contribution in [-0.2, 0) is 6.54 Å². The van der Waals surface area contributed by atoms with Crippen LogP contribution in [0.2, 0.25) is 0 Å². The van der Waals surface area contributed by atoms with E-state index >= 15 is 0 Å². The number of piperazine rings is 1. The second-order valence-electron chi connectivity index (χ2n) is 7.57. The quantitative estimate of drug-likeness (QED) is 0.491. The molecule has 1 heterocycles. The molecule has 160 valence electrons. The average molecular weight is 480 g/mol. The molecule has 1 saturated heterocycles. The van der Waals surface area contributed by atoms with Crippen LogP contribution in [0.25, 0.3) is 0 Å². The van der Waals surface area contributed by atoms with Gasteiger partial charge in [0.2, 0.25) is 0 Å². The Kier molecular flexibility index (Phi) is 6.89. The van der Waals surface area contributed by atoms with Gasteiger partial charge in [-0.3, -0.25) is 9.89 Å². The maximum Gasteiger partial charge on any atom is 0.136 e. The van der Waals surface area contributed by atoms with E-state index in [-0.39, 0.29) is 5.75 Å². The van der Waals surface area contributed by atoms with Crippen LogP contribution in [0.1, 0.15) is 11.1 Å². The molecule has 1 N–H and O–H groups in total. The van der Waals surface area contributed by atoms with Gasteiger partial charge in [-0.2, -0.15) is 0 Å². The number of methoxy groups -OCH3 is 1. The van der Waals surface area contributed by atoms with Gasteiger partial charge in [0.05, 0.1) is 17.3 Å². The Bertz CT molecular complexity index is 1030. The zero-order valence-corrected chi connectivity index (χ0v) is 19.1. The fourth-order valence-electron chi connectivity index (χ4n) is 3.72. The second-order valence-corrected chi connectivity index (χ2v) is 8.42. The van der Waals surface area contributed by atoms with E-state index in [0.29, 0.717) is 11.3 Å². The summed E-state index contributed by atoms with van der Waals surface area (Å²) in [5.41, 5.74) is 4.06. The van der Waals surface area contributed by atoms with Crippen molar-refractivity contribution >= 4 is 33.5 Å². The number of phenols is 1. The highest BCUT2D eigenvalue weighted by Gasteiger charge is 2.17. The third-order valence-electron chi connectivity index (χ3n) is 5.49.